The molecule has 2 rings (SSSR count). The number of hydrogen-bond acceptors (Lipinski definition) is 2. The molecule has 0 heterocycles. The molecule has 1 atom stereocenters. The molecular weight excluding hydrogens is 244 g/mol. The van der Waals surface area contributed by atoms with E-state index in [-0.39, 0.29) is 0 Å². The zero-order chi connectivity index (χ0) is 14.4. The Labute approximate surface area is 124 Å². The van der Waals surface area contributed by atoms with Crippen LogP contribution in [-0.2, 0) is 0 Å². The van der Waals surface area contributed by atoms with Crippen LogP contribution in [0, 0.1) is 0 Å². The van der Waals surface area contributed by atoms with Crippen molar-refractivity contribution in [3.63, 3.8) is 0 Å². The molecule has 20 heavy (non-hydrogen) atoms. The monoisotopic (exact) mass is 274 g/mol. The fourth-order valence-corrected chi connectivity index (χ4v) is 3.26. The standard InChI is InChI=1S/C18H30N2/c1-4-14-19-18(5-2)15-10-12-17(13-11-15)20(3)16-8-6-7-9-16/h10-13,16,18-19H,4-9,14H2,1-3H3. The Bertz CT molecular complexity index is 379. The molecule has 0 aliphatic heterocycles. The summed E-state index contributed by atoms with van der Waals surface area (Å²) in [7, 11) is 2.25. The number of nitrogens with zero attached hydrogens (tertiary/aromatic N) is 1. The molecule has 1 aliphatic carbocycles. The maximum Gasteiger partial charge on any atom is 0.0366 e. The Kier molecular flexibility index (Phi) is 5.90. The molecule has 1 aromatic rings. The van der Waals surface area contributed by atoms with E-state index in [1.54, 1.807) is 0 Å². The van der Waals surface area contributed by atoms with E-state index in [4.69, 9.17) is 0 Å². The van der Waals surface area contributed by atoms with Crippen LogP contribution < -0.4 is 10.2 Å². The zero-order valence-corrected chi connectivity index (χ0v) is 13.4. The molecule has 1 fully saturated rings. The van der Waals surface area contributed by atoms with Crippen LogP contribution >= 0.6 is 0 Å². The molecule has 1 unspecified atom stereocenters. The molecule has 0 spiro atoms. The first-order chi connectivity index (χ1) is 9.76. The van der Waals surface area contributed by atoms with Gasteiger partial charge in [-0.3, -0.25) is 0 Å². The van der Waals surface area contributed by atoms with Crippen molar-refractivity contribution in [3.8, 4) is 0 Å². The van der Waals surface area contributed by atoms with E-state index in [0.29, 0.717) is 6.04 Å². The smallest absolute Gasteiger partial charge is 0.0366 e. The van der Waals surface area contributed by atoms with Crippen LogP contribution in [0.5, 0.6) is 0 Å². The van der Waals surface area contributed by atoms with Crippen LogP contribution in [0.25, 0.3) is 0 Å². The van der Waals surface area contributed by atoms with Crippen molar-refractivity contribution in [2.45, 2.75) is 64.5 Å². The van der Waals surface area contributed by atoms with Crippen LogP contribution in [0.4, 0.5) is 5.69 Å². The first-order valence-electron chi connectivity index (χ1n) is 8.32. The van der Waals surface area contributed by atoms with Crippen LogP contribution in [0.15, 0.2) is 24.3 Å². The fourth-order valence-electron chi connectivity index (χ4n) is 3.26. The van der Waals surface area contributed by atoms with Gasteiger partial charge in [0.05, 0.1) is 0 Å². The van der Waals surface area contributed by atoms with Crippen molar-refractivity contribution >= 4 is 5.69 Å². The third-order valence-corrected chi connectivity index (χ3v) is 4.62. The van der Waals surface area contributed by atoms with Gasteiger partial charge in [-0.05, 0) is 49.9 Å². The van der Waals surface area contributed by atoms with Crippen LogP contribution in [0.1, 0.15) is 64.0 Å². The predicted octanol–water partition coefficient (Wildman–Crippen LogP) is 4.52. The van der Waals surface area contributed by atoms with E-state index >= 15 is 0 Å². The van der Waals surface area contributed by atoms with E-state index in [1.807, 2.05) is 0 Å². The maximum absolute atomic E-state index is 3.63. The first-order valence-corrected chi connectivity index (χ1v) is 8.32. The van der Waals surface area contributed by atoms with Crippen LogP contribution in [0.3, 0.4) is 0 Å². The molecular formula is C18H30N2. The number of nitrogens with one attached hydrogen (secondary N) is 1. The number of benzene rings is 1. The average Bonchev–Trinajstić information content (AvgIpc) is 3.02. The molecule has 1 aromatic carbocycles. The average molecular weight is 274 g/mol. The van der Waals surface area contributed by atoms with Gasteiger partial charge in [0, 0.05) is 24.8 Å². The number of rotatable bonds is 7. The highest BCUT2D eigenvalue weighted by Crippen LogP contribution is 2.28. The molecule has 0 saturated heterocycles. The van der Waals surface area contributed by atoms with Gasteiger partial charge in [-0.15, -0.1) is 0 Å². The number of anilines is 1. The van der Waals surface area contributed by atoms with E-state index in [9.17, 15) is 0 Å². The van der Waals surface area contributed by atoms with Crippen LogP contribution in [0.2, 0.25) is 0 Å². The summed E-state index contributed by atoms with van der Waals surface area (Å²) in [5, 5.41) is 3.63. The first kappa shape index (κ1) is 15.4. The summed E-state index contributed by atoms with van der Waals surface area (Å²) in [5.74, 6) is 0. The summed E-state index contributed by atoms with van der Waals surface area (Å²) in [4.78, 5) is 2.47. The Morgan fingerprint density at radius 1 is 1.15 bits per heavy atom. The minimum Gasteiger partial charge on any atom is -0.372 e. The van der Waals surface area contributed by atoms with Gasteiger partial charge in [-0.2, -0.15) is 0 Å². The Hall–Kier alpha value is -1.02. The molecule has 2 nitrogen and oxygen atoms in total. The molecule has 1 saturated carbocycles. The quantitative estimate of drug-likeness (QED) is 0.786. The molecule has 112 valence electrons. The lowest BCUT2D eigenvalue weighted by Crippen LogP contribution is -2.28. The van der Waals surface area contributed by atoms with Crippen molar-refractivity contribution in [1.82, 2.24) is 5.32 Å². The second kappa shape index (κ2) is 7.68. The summed E-state index contributed by atoms with van der Waals surface area (Å²) < 4.78 is 0. The van der Waals surface area contributed by atoms with E-state index in [2.05, 4.69) is 55.4 Å². The van der Waals surface area contributed by atoms with Gasteiger partial charge in [0.2, 0.25) is 0 Å². The second-order valence-electron chi connectivity index (χ2n) is 6.06. The molecule has 2 heteroatoms. The molecule has 0 amide bonds. The molecule has 1 aliphatic rings. The third kappa shape index (κ3) is 3.76. The van der Waals surface area contributed by atoms with E-state index in [1.165, 1.54) is 43.4 Å². The van der Waals surface area contributed by atoms with Gasteiger partial charge in [0.15, 0.2) is 0 Å². The highest BCUT2D eigenvalue weighted by molar-refractivity contribution is 5.48. The number of hydrogen-bond donors (Lipinski definition) is 1. The summed E-state index contributed by atoms with van der Waals surface area (Å²) in [6.45, 7) is 5.58. The van der Waals surface area contributed by atoms with Gasteiger partial charge >= 0.3 is 0 Å². The third-order valence-electron chi connectivity index (χ3n) is 4.62. The Morgan fingerprint density at radius 3 is 2.35 bits per heavy atom. The lowest BCUT2D eigenvalue weighted by atomic mass is 10.0. The van der Waals surface area contributed by atoms with Crippen molar-refractivity contribution in [1.29, 1.82) is 0 Å². The van der Waals surface area contributed by atoms with Crippen molar-refractivity contribution in [3.05, 3.63) is 29.8 Å². The maximum atomic E-state index is 3.63. The van der Waals surface area contributed by atoms with E-state index in [0.717, 1.165) is 19.0 Å². The van der Waals surface area contributed by atoms with Crippen LogP contribution in [-0.4, -0.2) is 19.6 Å². The lowest BCUT2D eigenvalue weighted by molar-refractivity contribution is 0.518. The largest absolute Gasteiger partial charge is 0.372 e. The van der Waals surface area contributed by atoms with Gasteiger partial charge in [-0.25, -0.2) is 0 Å². The SMILES string of the molecule is CCCNC(CC)c1ccc(N(C)C2CCCC2)cc1. The minimum atomic E-state index is 0.501. The van der Waals surface area contributed by atoms with Gasteiger partial charge in [0.1, 0.15) is 0 Å². The van der Waals surface area contributed by atoms with E-state index < -0.39 is 0 Å². The lowest BCUT2D eigenvalue weighted by Gasteiger charge is -2.27. The van der Waals surface area contributed by atoms with Gasteiger partial charge in [0.25, 0.3) is 0 Å². The summed E-state index contributed by atoms with van der Waals surface area (Å²) in [6, 6.07) is 10.4. The second-order valence-corrected chi connectivity index (χ2v) is 6.06. The summed E-state index contributed by atoms with van der Waals surface area (Å²) >= 11 is 0. The minimum absolute atomic E-state index is 0.501. The van der Waals surface area contributed by atoms with Crippen molar-refractivity contribution in [2.75, 3.05) is 18.5 Å². The van der Waals surface area contributed by atoms with Gasteiger partial charge in [-0.1, -0.05) is 38.8 Å². The highest BCUT2D eigenvalue weighted by Gasteiger charge is 2.19. The van der Waals surface area contributed by atoms with Crippen molar-refractivity contribution < 1.29 is 0 Å². The zero-order valence-electron chi connectivity index (χ0n) is 13.4. The molecule has 0 bridgehead atoms. The molecule has 0 radical (unpaired) electrons. The summed E-state index contributed by atoms with van der Waals surface area (Å²) in [6.07, 6.45) is 7.84. The summed E-state index contributed by atoms with van der Waals surface area (Å²) in [5.41, 5.74) is 2.79. The molecule has 0 aromatic heterocycles. The fraction of sp³-hybridized carbons (Fsp3) is 0.667. The topological polar surface area (TPSA) is 15.3 Å². The normalized spacial score (nSPS) is 17.4. The Balaban J connectivity index is 2.00. The Morgan fingerprint density at radius 2 is 1.80 bits per heavy atom. The highest BCUT2D eigenvalue weighted by atomic mass is 15.1. The van der Waals surface area contributed by atoms with Gasteiger partial charge < -0.3 is 10.2 Å². The predicted molar refractivity (Wildman–Crippen MR) is 88.4 cm³/mol. The van der Waals surface area contributed by atoms with Crippen molar-refractivity contribution in [2.24, 2.45) is 0 Å². The molecule has 1 N–H and O–H groups in total.